The third kappa shape index (κ3) is 3.50. The molecular formula is C21H14Cl2N2O2. The van der Waals surface area contributed by atoms with Crippen LogP contribution in [0.5, 0.6) is 0 Å². The van der Waals surface area contributed by atoms with E-state index in [1.807, 2.05) is 54.7 Å². The van der Waals surface area contributed by atoms with Gasteiger partial charge in [-0.15, -0.1) is 0 Å². The molecular weight excluding hydrogens is 383 g/mol. The first kappa shape index (κ1) is 17.5. The number of hydrogen-bond acceptors (Lipinski definition) is 2. The Morgan fingerprint density at radius 3 is 2.37 bits per heavy atom. The van der Waals surface area contributed by atoms with Crippen LogP contribution in [0, 0.1) is 0 Å². The van der Waals surface area contributed by atoms with Crippen LogP contribution in [-0.4, -0.2) is 15.6 Å². The van der Waals surface area contributed by atoms with E-state index in [2.05, 4.69) is 9.88 Å². The SMILES string of the molecule is O=C(O)c1cc(Cl)ccc1Nc1ccc2c(ccn2-c2ccc(Cl)cc2)c1. The van der Waals surface area contributed by atoms with Crippen LogP contribution in [0.3, 0.4) is 0 Å². The average Bonchev–Trinajstić information content (AvgIpc) is 3.07. The fraction of sp³-hybridized carbons (Fsp3) is 0. The molecule has 0 saturated heterocycles. The minimum Gasteiger partial charge on any atom is -0.478 e. The van der Waals surface area contributed by atoms with Gasteiger partial charge in [-0.1, -0.05) is 23.2 Å². The molecule has 0 aliphatic heterocycles. The molecule has 0 unspecified atom stereocenters. The lowest BCUT2D eigenvalue weighted by atomic mass is 10.1. The lowest BCUT2D eigenvalue weighted by Gasteiger charge is -2.11. The smallest absolute Gasteiger partial charge is 0.337 e. The fourth-order valence-electron chi connectivity index (χ4n) is 3.01. The van der Waals surface area contributed by atoms with Crippen LogP contribution in [0.15, 0.2) is 72.9 Å². The van der Waals surface area contributed by atoms with Crippen molar-refractivity contribution in [3.05, 3.63) is 88.5 Å². The van der Waals surface area contributed by atoms with E-state index in [9.17, 15) is 9.90 Å². The van der Waals surface area contributed by atoms with E-state index in [1.165, 1.54) is 6.07 Å². The number of nitrogens with one attached hydrogen (secondary N) is 1. The van der Waals surface area contributed by atoms with Crippen molar-refractivity contribution in [2.45, 2.75) is 0 Å². The van der Waals surface area contributed by atoms with E-state index in [0.717, 1.165) is 22.3 Å². The minimum absolute atomic E-state index is 0.126. The van der Waals surface area contributed by atoms with Gasteiger partial charge in [-0.3, -0.25) is 0 Å². The molecule has 0 saturated carbocycles. The number of rotatable bonds is 4. The normalized spacial score (nSPS) is 10.9. The van der Waals surface area contributed by atoms with Crippen molar-refractivity contribution in [1.29, 1.82) is 0 Å². The summed E-state index contributed by atoms with van der Waals surface area (Å²) in [5, 5.41) is 14.6. The molecule has 0 radical (unpaired) electrons. The van der Waals surface area contributed by atoms with Gasteiger partial charge < -0.3 is 15.0 Å². The van der Waals surface area contributed by atoms with E-state index < -0.39 is 5.97 Å². The van der Waals surface area contributed by atoms with Gasteiger partial charge in [0.05, 0.1) is 16.8 Å². The van der Waals surface area contributed by atoms with Crippen LogP contribution in [0.25, 0.3) is 16.6 Å². The van der Waals surface area contributed by atoms with Gasteiger partial charge in [-0.2, -0.15) is 0 Å². The number of aromatic carboxylic acids is 1. The molecule has 0 spiro atoms. The molecule has 3 aromatic carbocycles. The summed E-state index contributed by atoms with van der Waals surface area (Å²) in [4.78, 5) is 11.4. The van der Waals surface area contributed by atoms with Gasteiger partial charge in [-0.25, -0.2) is 4.79 Å². The van der Waals surface area contributed by atoms with Crippen molar-refractivity contribution >= 4 is 51.4 Å². The number of anilines is 2. The molecule has 0 aliphatic carbocycles. The summed E-state index contributed by atoms with van der Waals surface area (Å²) in [5.74, 6) is -1.03. The van der Waals surface area contributed by atoms with Crippen LogP contribution in [-0.2, 0) is 0 Å². The number of halogens is 2. The summed E-state index contributed by atoms with van der Waals surface area (Å²) in [6, 6.07) is 20.3. The summed E-state index contributed by atoms with van der Waals surface area (Å²) < 4.78 is 2.07. The number of carboxylic acids is 1. The number of benzene rings is 3. The molecule has 6 heteroatoms. The van der Waals surface area contributed by atoms with Crippen molar-refractivity contribution in [2.75, 3.05) is 5.32 Å². The second-order valence-electron chi connectivity index (χ2n) is 6.06. The van der Waals surface area contributed by atoms with Crippen LogP contribution in [0.4, 0.5) is 11.4 Å². The summed E-state index contributed by atoms with van der Waals surface area (Å²) >= 11 is 11.9. The van der Waals surface area contributed by atoms with Crippen molar-refractivity contribution < 1.29 is 9.90 Å². The molecule has 27 heavy (non-hydrogen) atoms. The maximum absolute atomic E-state index is 11.4. The van der Waals surface area contributed by atoms with Gasteiger partial charge in [0.2, 0.25) is 0 Å². The van der Waals surface area contributed by atoms with Gasteiger partial charge >= 0.3 is 5.97 Å². The zero-order valence-corrected chi connectivity index (χ0v) is 15.5. The molecule has 2 N–H and O–H groups in total. The molecule has 0 amide bonds. The topological polar surface area (TPSA) is 54.3 Å². The second kappa shape index (κ2) is 6.99. The summed E-state index contributed by atoms with van der Waals surface area (Å²) in [6.07, 6.45) is 1.99. The first-order valence-corrected chi connectivity index (χ1v) is 8.94. The Kier molecular flexibility index (Phi) is 4.52. The number of hydrogen-bond donors (Lipinski definition) is 2. The molecule has 4 nitrogen and oxygen atoms in total. The van der Waals surface area contributed by atoms with Crippen LogP contribution < -0.4 is 5.32 Å². The Labute approximate surface area is 165 Å². The zero-order valence-electron chi connectivity index (χ0n) is 14.0. The Morgan fingerprint density at radius 1 is 0.889 bits per heavy atom. The van der Waals surface area contributed by atoms with Crippen LogP contribution in [0.1, 0.15) is 10.4 Å². The highest BCUT2D eigenvalue weighted by atomic mass is 35.5. The largest absolute Gasteiger partial charge is 0.478 e. The number of fused-ring (bicyclic) bond motifs is 1. The van der Waals surface area contributed by atoms with Crippen LogP contribution >= 0.6 is 23.2 Å². The van der Waals surface area contributed by atoms with E-state index in [-0.39, 0.29) is 5.56 Å². The fourth-order valence-corrected chi connectivity index (χ4v) is 3.30. The molecule has 0 bridgehead atoms. The van der Waals surface area contributed by atoms with Crippen molar-refractivity contribution in [1.82, 2.24) is 4.57 Å². The number of carbonyl (C=O) groups is 1. The maximum Gasteiger partial charge on any atom is 0.337 e. The number of nitrogens with zero attached hydrogens (tertiary/aromatic N) is 1. The van der Waals surface area contributed by atoms with Crippen LogP contribution in [0.2, 0.25) is 10.0 Å². The van der Waals surface area contributed by atoms with Crippen molar-refractivity contribution in [2.24, 2.45) is 0 Å². The van der Waals surface area contributed by atoms with Crippen molar-refractivity contribution in [3.63, 3.8) is 0 Å². The van der Waals surface area contributed by atoms with Gasteiger partial charge in [-0.05, 0) is 66.7 Å². The van der Waals surface area contributed by atoms with E-state index in [0.29, 0.717) is 15.7 Å². The average molecular weight is 397 g/mol. The Bertz CT molecular complexity index is 1150. The Morgan fingerprint density at radius 2 is 1.63 bits per heavy atom. The third-order valence-corrected chi connectivity index (χ3v) is 4.77. The summed E-state index contributed by atoms with van der Waals surface area (Å²) in [7, 11) is 0. The predicted octanol–water partition coefficient (Wildman–Crippen LogP) is 6.38. The summed E-state index contributed by atoms with van der Waals surface area (Å²) in [6.45, 7) is 0. The molecule has 4 rings (SSSR count). The number of carboxylic acid groups (broad SMARTS) is 1. The summed E-state index contributed by atoms with van der Waals surface area (Å²) in [5.41, 5.74) is 3.46. The molecule has 0 atom stereocenters. The highest BCUT2D eigenvalue weighted by Crippen LogP contribution is 2.28. The zero-order chi connectivity index (χ0) is 19.0. The van der Waals surface area contributed by atoms with Gasteiger partial charge in [0.1, 0.15) is 0 Å². The molecule has 1 heterocycles. The quantitative estimate of drug-likeness (QED) is 0.420. The van der Waals surface area contributed by atoms with Crippen molar-refractivity contribution in [3.8, 4) is 5.69 Å². The van der Waals surface area contributed by atoms with Gasteiger partial charge in [0.25, 0.3) is 0 Å². The molecule has 4 aromatic rings. The monoisotopic (exact) mass is 396 g/mol. The maximum atomic E-state index is 11.4. The highest BCUT2D eigenvalue weighted by Gasteiger charge is 2.12. The third-order valence-electron chi connectivity index (χ3n) is 4.29. The van der Waals surface area contributed by atoms with E-state index >= 15 is 0 Å². The highest BCUT2D eigenvalue weighted by molar-refractivity contribution is 6.31. The Balaban J connectivity index is 1.69. The molecule has 134 valence electrons. The molecule has 0 fully saturated rings. The van der Waals surface area contributed by atoms with Gasteiger partial charge in [0, 0.05) is 33.0 Å². The van der Waals surface area contributed by atoms with E-state index in [4.69, 9.17) is 23.2 Å². The standard InChI is InChI=1S/C21H14Cl2N2O2/c22-14-1-5-17(6-2-14)25-10-9-13-11-16(4-8-20(13)25)24-19-7-3-15(23)12-18(19)21(26)27/h1-12,24H,(H,26,27). The molecule has 1 aromatic heterocycles. The first-order valence-electron chi connectivity index (χ1n) is 8.18. The van der Waals surface area contributed by atoms with Gasteiger partial charge in [0.15, 0.2) is 0 Å². The first-order chi connectivity index (χ1) is 13.0. The lowest BCUT2D eigenvalue weighted by molar-refractivity contribution is 0.0698. The predicted molar refractivity (Wildman–Crippen MR) is 110 cm³/mol. The lowest BCUT2D eigenvalue weighted by Crippen LogP contribution is -2.02. The Hall–Kier alpha value is -2.95. The molecule has 0 aliphatic rings. The second-order valence-corrected chi connectivity index (χ2v) is 6.93. The minimum atomic E-state index is -1.03. The van der Waals surface area contributed by atoms with E-state index in [1.54, 1.807) is 12.1 Å². The number of aromatic nitrogens is 1.